The van der Waals surface area contributed by atoms with Crippen molar-refractivity contribution in [1.29, 1.82) is 0 Å². The summed E-state index contributed by atoms with van der Waals surface area (Å²) in [5.41, 5.74) is 4.28. The quantitative estimate of drug-likeness (QED) is 0.729. The number of aryl methyl sites for hydroxylation is 1. The summed E-state index contributed by atoms with van der Waals surface area (Å²) in [6.45, 7) is 4.82. The maximum atomic E-state index is 12.1. The Kier molecular flexibility index (Phi) is 6.28. The lowest BCUT2D eigenvalue weighted by molar-refractivity contribution is -0.121. The number of rotatable bonds is 8. The summed E-state index contributed by atoms with van der Waals surface area (Å²) in [7, 11) is 0. The first-order chi connectivity index (χ1) is 13.0. The molecular formula is C23H28N2O2. The van der Waals surface area contributed by atoms with E-state index in [4.69, 9.17) is 0 Å². The Hall–Kier alpha value is -2.62. The summed E-state index contributed by atoms with van der Waals surface area (Å²) >= 11 is 0. The number of anilines is 1. The minimum absolute atomic E-state index is 0.0374. The largest absolute Gasteiger partial charge is 0.352 e. The van der Waals surface area contributed by atoms with Crippen LogP contribution in [0.15, 0.2) is 48.5 Å². The minimum Gasteiger partial charge on any atom is -0.352 e. The molecule has 0 bridgehead atoms. The Bertz CT molecular complexity index is 792. The van der Waals surface area contributed by atoms with E-state index >= 15 is 0 Å². The minimum atomic E-state index is 0.0374. The highest BCUT2D eigenvalue weighted by molar-refractivity contribution is 5.94. The average Bonchev–Trinajstić information content (AvgIpc) is 3.50. The van der Waals surface area contributed by atoms with E-state index in [1.807, 2.05) is 24.3 Å². The molecule has 0 radical (unpaired) electrons. The highest BCUT2D eigenvalue weighted by Gasteiger charge is 2.29. The molecule has 0 atom stereocenters. The molecule has 1 fully saturated rings. The number of carbonyl (C=O) groups excluding carboxylic acids is 2. The van der Waals surface area contributed by atoms with Crippen LogP contribution >= 0.6 is 0 Å². The van der Waals surface area contributed by atoms with Crippen LogP contribution < -0.4 is 10.6 Å². The third-order valence-corrected chi connectivity index (χ3v) is 4.92. The molecule has 3 rings (SSSR count). The zero-order valence-corrected chi connectivity index (χ0v) is 16.1. The first kappa shape index (κ1) is 19.2. The lowest BCUT2D eigenvalue weighted by Gasteiger charge is -2.09. The Balaban J connectivity index is 1.44. The molecule has 0 unspecified atom stereocenters. The van der Waals surface area contributed by atoms with Crippen molar-refractivity contribution >= 4 is 17.5 Å². The molecule has 1 saturated carbocycles. The van der Waals surface area contributed by atoms with Crippen molar-refractivity contribution in [3.63, 3.8) is 0 Å². The maximum absolute atomic E-state index is 12.1. The molecule has 4 heteroatoms. The molecule has 2 N–H and O–H groups in total. The van der Waals surface area contributed by atoms with Gasteiger partial charge in [0.15, 0.2) is 0 Å². The Morgan fingerprint density at radius 3 is 2.44 bits per heavy atom. The van der Waals surface area contributed by atoms with Crippen LogP contribution in [0.3, 0.4) is 0 Å². The SMILES string of the molecule is CC(C)c1ccc(CCC(=O)NCc2cccc(NC(=O)C3CC3)c2)cc1. The second-order valence-corrected chi connectivity index (χ2v) is 7.64. The fourth-order valence-corrected chi connectivity index (χ4v) is 2.96. The van der Waals surface area contributed by atoms with Crippen LogP contribution in [0.5, 0.6) is 0 Å². The Morgan fingerprint density at radius 2 is 1.78 bits per heavy atom. The van der Waals surface area contributed by atoms with Gasteiger partial charge in [-0.2, -0.15) is 0 Å². The van der Waals surface area contributed by atoms with Crippen molar-refractivity contribution in [2.24, 2.45) is 5.92 Å². The summed E-state index contributed by atoms with van der Waals surface area (Å²) in [6, 6.07) is 16.2. The lowest BCUT2D eigenvalue weighted by Crippen LogP contribution is -2.23. The predicted octanol–water partition coefficient (Wildman–Crippen LogP) is 4.41. The van der Waals surface area contributed by atoms with E-state index < -0.39 is 0 Å². The van der Waals surface area contributed by atoms with Crippen molar-refractivity contribution in [2.45, 2.75) is 52.0 Å². The van der Waals surface area contributed by atoms with Gasteiger partial charge in [0, 0.05) is 24.6 Å². The molecule has 142 valence electrons. The summed E-state index contributed by atoms with van der Waals surface area (Å²) in [6.07, 6.45) is 3.18. The molecule has 1 aliphatic rings. The van der Waals surface area contributed by atoms with Gasteiger partial charge < -0.3 is 10.6 Å². The molecular weight excluding hydrogens is 336 g/mol. The molecule has 0 spiro atoms. The van der Waals surface area contributed by atoms with E-state index in [1.54, 1.807) is 0 Å². The van der Waals surface area contributed by atoms with Gasteiger partial charge in [-0.3, -0.25) is 9.59 Å². The molecule has 27 heavy (non-hydrogen) atoms. The molecule has 0 heterocycles. The molecule has 0 aliphatic heterocycles. The van der Waals surface area contributed by atoms with Crippen molar-refractivity contribution in [1.82, 2.24) is 5.32 Å². The van der Waals surface area contributed by atoms with E-state index in [-0.39, 0.29) is 17.7 Å². The molecule has 0 aromatic heterocycles. The van der Waals surface area contributed by atoms with Crippen LogP contribution in [0.2, 0.25) is 0 Å². The van der Waals surface area contributed by atoms with Crippen LogP contribution in [0, 0.1) is 5.92 Å². The zero-order valence-electron chi connectivity index (χ0n) is 16.1. The highest BCUT2D eigenvalue weighted by Crippen LogP contribution is 2.30. The third-order valence-electron chi connectivity index (χ3n) is 4.92. The van der Waals surface area contributed by atoms with Crippen LogP contribution in [-0.2, 0) is 22.6 Å². The van der Waals surface area contributed by atoms with Crippen LogP contribution in [0.1, 0.15) is 55.7 Å². The number of amides is 2. The number of nitrogens with one attached hydrogen (secondary N) is 2. The first-order valence-corrected chi connectivity index (χ1v) is 9.76. The van der Waals surface area contributed by atoms with Gasteiger partial charge in [-0.05, 0) is 54.0 Å². The van der Waals surface area contributed by atoms with Gasteiger partial charge in [0.25, 0.3) is 0 Å². The van der Waals surface area contributed by atoms with E-state index in [9.17, 15) is 9.59 Å². The summed E-state index contributed by atoms with van der Waals surface area (Å²) in [5, 5.41) is 5.90. The molecule has 0 saturated heterocycles. The number of carbonyl (C=O) groups is 2. The fraction of sp³-hybridized carbons (Fsp3) is 0.391. The second-order valence-electron chi connectivity index (χ2n) is 7.64. The average molecular weight is 364 g/mol. The van der Waals surface area contributed by atoms with Gasteiger partial charge in [-0.1, -0.05) is 50.2 Å². The van der Waals surface area contributed by atoms with Crippen molar-refractivity contribution < 1.29 is 9.59 Å². The first-order valence-electron chi connectivity index (χ1n) is 9.76. The number of hydrogen-bond acceptors (Lipinski definition) is 2. The van der Waals surface area contributed by atoms with E-state index in [2.05, 4.69) is 48.7 Å². The van der Waals surface area contributed by atoms with Crippen LogP contribution in [0.25, 0.3) is 0 Å². The number of benzene rings is 2. The van der Waals surface area contributed by atoms with Gasteiger partial charge in [-0.25, -0.2) is 0 Å². The number of hydrogen-bond donors (Lipinski definition) is 2. The molecule has 2 aromatic rings. The maximum Gasteiger partial charge on any atom is 0.227 e. The second kappa shape index (κ2) is 8.85. The van der Waals surface area contributed by atoms with E-state index in [1.165, 1.54) is 11.1 Å². The van der Waals surface area contributed by atoms with Crippen LogP contribution in [0.4, 0.5) is 5.69 Å². The van der Waals surface area contributed by atoms with E-state index in [0.717, 1.165) is 30.5 Å². The summed E-state index contributed by atoms with van der Waals surface area (Å²) in [4.78, 5) is 24.0. The normalized spacial score (nSPS) is 13.4. The topological polar surface area (TPSA) is 58.2 Å². The zero-order chi connectivity index (χ0) is 19.2. The highest BCUT2D eigenvalue weighted by atomic mass is 16.2. The van der Waals surface area contributed by atoms with Gasteiger partial charge in [0.05, 0.1) is 0 Å². The Morgan fingerprint density at radius 1 is 1.04 bits per heavy atom. The molecule has 1 aliphatic carbocycles. The lowest BCUT2D eigenvalue weighted by atomic mass is 10.0. The summed E-state index contributed by atoms with van der Waals surface area (Å²) < 4.78 is 0. The van der Waals surface area contributed by atoms with Crippen LogP contribution in [-0.4, -0.2) is 11.8 Å². The molecule has 4 nitrogen and oxygen atoms in total. The van der Waals surface area contributed by atoms with Crippen molar-refractivity contribution in [2.75, 3.05) is 5.32 Å². The standard InChI is InChI=1S/C23H28N2O2/c1-16(2)19-9-6-17(7-10-19)8-13-22(26)24-15-18-4-3-5-21(14-18)25-23(27)20-11-12-20/h3-7,9-10,14,16,20H,8,11-13,15H2,1-2H3,(H,24,26)(H,25,27). The van der Waals surface area contributed by atoms with Crippen molar-refractivity contribution in [3.05, 3.63) is 65.2 Å². The monoisotopic (exact) mass is 364 g/mol. The molecule has 2 aromatic carbocycles. The van der Waals surface area contributed by atoms with Gasteiger partial charge in [0.1, 0.15) is 0 Å². The van der Waals surface area contributed by atoms with Gasteiger partial charge >= 0.3 is 0 Å². The van der Waals surface area contributed by atoms with E-state index in [0.29, 0.717) is 18.9 Å². The smallest absolute Gasteiger partial charge is 0.227 e. The van der Waals surface area contributed by atoms with Gasteiger partial charge in [0.2, 0.25) is 11.8 Å². The Labute approximate surface area is 161 Å². The van der Waals surface area contributed by atoms with Gasteiger partial charge in [-0.15, -0.1) is 0 Å². The fourth-order valence-electron chi connectivity index (χ4n) is 2.96. The molecule has 2 amide bonds. The third kappa shape index (κ3) is 5.95. The summed E-state index contributed by atoms with van der Waals surface area (Å²) in [5.74, 6) is 0.838. The predicted molar refractivity (Wildman–Crippen MR) is 108 cm³/mol. The van der Waals surface area contributed by atoms with Crippen molar-refractivity contribution in [3.8, 4) is 0 Å².